The molecule has 6 heteroatoms. The summed E-state index contributed by atoms with van der Waals surface area (Å²) in [5.74, 6) is 1.07. The van der Waals surface area contributed by atoms with Crippen LogP contribution in [0.25, 0.3) is 5.57 Å². The normalized spacial score (nSPS) is 11.2. The van der Waals surface area contributed by atoms with Gasteiger partial charge in [0, 0.05) is 29.3 Å². The number of pyridine rings is 1. The van der Waals surface area contributed by atoms with Crippen molar-refractivity contribution in [1.82, 2.24) is 4.98 Å². The standard InChI is InChI=1S/C13H17N3.C11H14F2O.C9H18/c1-8(2)11(6-14)13-5-9(3)12(7-16-13)10(4)15;1-3-4-9-7-8(2)5-6-10(9)14-11(12)13;1-4-6-7-8-9(3)5-2/h5-7,14-15H,1-4H3;5-7,11H,3-4H2,1-2H3;7-9H,4-6H2,1-3H3/b;;8-7-. The molecular formula is C33H49F2N3O. The van der Waals surface area contributed by atoms with Crippen molar-refractivity contribution in [1.29, 1.82) is 10.8 Å². The zero-order valence-electron chi connectivity index (χ0n) is 25.4. The van der Waals surface area contributed by atoms with Crippen molar-refractivity contribution in [3.05, 3.63) is 76.1 Å². The van der Waals surface area contributed by atoms with E-state index < -0.39 is 6.61 Å². The number of nitrogens with one attached hydrogen (secondary N) is 2. The molecule has 0 saturated carbocycles. The highest BCUT2D eigenvalue weighted by Gasteiger charge is 2.09. The summed E-state index contributed by atoms with van der Waals surface area (Å²) in [6, 6.07) is 7.20. The number of nitrogens with zero attached hydrogens (tertiary/aromatic N) is 1. The molecule has 0 fully saturated rings. The number of aromatic nitrogens is 1. The summed E-state index contributed by atoms with van der Waals surface area (Å²) < 4.78 is 28.5. The molecule has 0 aliphatic carbocycles. The molecule has 0 bridgehead atoms. The molecule has 2 rings (SSSR count). The first-order chi connectivity index (χ1) is 18.4. The number of benzene rings is 1. The maximum absolute atomic E-state index is 12.0. The highest BCUT2D eigenvalue weighted by Crippen LogP contribution is 2.23. The zero-order chi connectivity index (χ0) is 30.0. The molecule has 0 spiro atoms. The summed E-state index contributed by atoms with van der Waals surface area (Å²) >= 11 is 0. The van der Waals surface area contributed by atoms with E-state index in [1.54, 1.807) is 25.3 Å². The second kappa shape index (κ2) is 19.9. The van der Waals surface area contributed by atoms with Crippen LogP contribution in [-0.4, -0.2) is 23.5 Å². The molecule has 0 saturated heterocycles. The Morgan fingerprint density at radius 2 is 1.72 bits per heavy atom. The van der Waals surface area contributed by atoms with Crippen molar-refractivity contribution < 1.29 is 13.5 Å². The third kappa shape index (κ3) is 14.5. The summed E-state index contributed by atoms with van der Waals surface area (Å²) in [5, 5.41) is 15.0. The smallest absolute Gasteiger partial charge is 0.387 e. The topological polar surface area (TPSA) is 69.8 Å². The van der Waals surface area contributed by atoms with Crippen LogP contribution in [0, 0.1) is 30.6 Å². The summed E-state index contributed by atoms with van der Waals surface area (Å²) in [4.78, 5) is 4.30. The first-order valence-electron chi connectivity index (χ1n) is 13.8. The van der Waals surface area contributed by atoms with Crippen LogP contribution in [0.4, 0.5) is 8.78 Å². The molecule has 4 nitrogen and oxygen atoms in total. The maximum Gasteiger partial charge on any atom is 0.387 e. The lowest BCUT2D eigenvalue weighted by Gasteiger charge is -2.10. The van der Waals surface area contributed by atoms with Crippen LogP contribution in [0.3, 0.4) is 0 Å². The fourth-order valence-corrected chi connectivity index (χ4v) is 3.59. The predicted octanol–water partition coefficient (Wildman–Crippen LogP) is 10.2. The van der Waals surface area contributed by atoms with E-state index in [2.05, 4.69) is 42.6 Å². The number of unbranched alkanes of at least 4 members (excludes halogenated alkanes) is 1. The highest BCUT2D eigenvalue weighted by atomic mass is 19.3. The predicted molar refractivity (Wildman–Crippen MR) is 164 cm³/mol. The van der Waals surface area contributed by atoms with E-state index in [1.807, 2.05) is 46.8 Å². The number of hydrogen-bond acceptors (Lipinski definition) is 4. The number of aryl methyl sites for hydroxylation is 3. The van der Waals surface area contributed by atoms with Gasteiger partial charge in [-0.2, -0.15) is 8.78 Å². The Kier molecular flexibility index (Phi) is 18.2. The van der Waals surface area contributed by atoms with Gasteiger partial charge in [-0.15, -0.1) is 0 Å². The van der Waals surface area contributed by atoms with Crippen molar-refractivity contribution in [2.45, 2.75) is 101 Å². The van der Waals surface area contributed by atoms with Gasteiger partial charge in [0.1, 0.15) is 5.75 Å². The van der Waals surface area contributed by atoms with Crippen molar-refractivity contribution >= 4 is 17.5 Å². The Labute approximate surface area is 235 Å². The van der Waals surface area contributed by atoms with Gasteiger partial charge in [0.05, 0.1) is 5.69 Å². The Hall–Kier alpha value is -3.15. The van der Waals surface area contributed by atoms with Gasteiger partial charge in [-0.3, -0.25) is 4.98 Å². The van der Waals surface area contributed by atoms with Crippen molar-refractivity contribution in [3.63, 3.8) is 0 Å². The molecule has 0 aliphatic heterocycles. The van der Waals surface area contributed by atoms with Crippen LogP contribution in [0.2, 0.25) is 0 Å². The first-order valence-corrected chi connectivity index (χ1v) is 13.8. The largest absolute Gasteiger partial charge is 0.435 e. The number of halogens is 2. The summed E-state index contributed by atoms with van der Waals surface area (Å²) in [7, 11) is 0. The second-order valence-electron chi connectivity index (χ2n) is 9.91. The average Bonchev–Trinajstić information content (AvgIpc) is 2.86. The monoisotopic (exact) mass is 541 g/mol. The van der Waals surface area contributed by atoms with Gasteiger partial charge in [0.25, 0.3) is 0 Å². The van der Waals surface area contributed by atoms with E-state index in [0.29, 0.717) is 11.5 Å². The van der Waals surface area contributed by atoms with E-state index in [-0.39, 0.29) is 0 Å². The van der Waals surface area contributed by atoms with Gasteiger partial charge in [-0.05, 0) is 76.6 Å². The lowest BCUT2D eigenvalue weighted by molar-refractivity contribution is -0.0504. The van der Waals surface area contributed by atoms with Gasteiger partial charge >= 0.3 is 6.61 Å². The number of rotatable bonds is 11. The molecule has 1 aromatic heterocycles. The number of allylic oxidation sites excluding steroid dienone is 4. The molecule has 1 heterocycles. The van der Waals surface area contributed by atoms with Gasteiger partial charge < -0.3 is 15.6 Å². The van der Waals surface area contributed by atoms with E-state index in [1.165, 1.54) is 25.5 Å². The molecule has 39 heavy (non-hydrogen) atoms. The minimum Gasteiger partial charge on any atom is -0.435 e. The molecule has 2 aromatic rings. The molecule has 1 aromatic carbocycles. The molecule has 1 unspecified atom stereocenters. The Bertz CT molecular complexity index is 1090. The van der Waals surface area contributed by atoms with Gasteiger partial charge in [-0.1, -0.05) is 82.4 Å². The fourth-order valence-electron chi connectivity index (χ4n) is 3.59. The summed E-state index contributed by atoms with van der Waals surface area (Å²) in [6.07, 6.45) is 13.1. The SMILES string of the molecule is CC(=N)c1cnc(C(C=N)=C(C)C)cc1C.CCC/C=C\C(C)CC.CCCc1cc(C)ccc1OC(F)F. The maximum atomic E-state index is 12.0. The van der Waals surface area contributed by atoms with Crippen LogP contribution in [0.5, 0.6) is 5.75 Å². The average molecular weight is 542 g/mol. The quantitative estimate of drug-likeness (QED) is 0.219. The molecule has 0 aliphatic rings. The van der Waals surface area contributed by atoms with Crippen LogP contribution >= 0.6 is 0 Å². The highest BCUT2D eigenvalue weighted by molar-refractivity contribution is 6.08. The molecule has 0 amide bonds. The third-order valence-electron chi connectivity index (χ3n) is 5.99. The van der Waals surface area contributed by atoms with Crippen molar-refractivity contribution in [2.24, 2.45) is 5.92 Å². The molecule has 0 radical (unpaired) electrons. The van der Waals surface area contributed by atoms with E-state index in [4.69, 9.17) is 10.8 Å². The number of ether oxygens (including phenoxy) is 1. The summed E-state index contributed by atoms with van der Waals surface area (Å²) in [6.45, 7) is 15.5. The molecular weight excluding hydrogens is 492 g/mol. The minimum atomic E-state index is -2.74. The Morgan fingerprint density at radius 3 is 2.18 bits per heavy atom. The van der Waals surface area contributed by atoms with Gasteiger partial charge in [0.2, 0.25) is 0 Å². The lowest BCUT2D eigenvalue weighted by atomic mass is 10.0. The minimum absolute atomic E-state index is 0.299. The van der Waals surface area contributed by atoms with Crippen LogP contribution in [-0.2, 0) is 6.42 Å². The molecule has 1 atom stereocenters. The summed E-state index contributed by atoms with van der Waals surface area (Å²) in [5.41, 5.74) is 7.05. The zero-order valence-corrected chi connectivity index (χ0v) is 25.4. The fraction of sp³-hybridized carbons (Fsp3) is 0.485. The van der Waals surface area contributed by atoms with Crippen LogP contribution in [0.15, 0.2) is 48.2 Å². The molecule has 2 N–H and O–H groups in total. The van der Waals surface area contributed by atoms with Crippen molar-refractivity contribution in [2.75, 3.05) is 0 Å². The second-order valence-corrected chi connectivity index (χ2v) is 9.91. The van der Waals surface area contributed by atoms with E-state index in [0.717, 1.165) is 57.9 Å². The van der Waals surface area contributed by atoms with Gasteiger partial charge in [-0.25, -0.2) is 0 Å². The van der Waals surface area contributed by atoms with E-state index >= 15 is 0 Å². The van der Waals surface area contributed by atoms with E-state index in [9.17, 15) is 8.78 Å². The number of alkyl halides is 2. The number of hydrogen-bond donors (Lipinski definition) is 2. The van der Waals surface area contributed by atoms with Crippen LogP contribution < -0.4 is 4.74 Å². The first kappa shape index (κ1) is 35.9. The Balaban J connectivity index is 0.000000578. The lowest BCUT2D eigenvalue weighted by Crippen LogP contribution is -2.04. The van der Waals surface area contributed by atoms with Gasteiger partial charge in [0.15, 0.2) is 0 Å². The van der Waals surface area contributed by atoms with Crippen molar-refractivity contribution in [3.8, 4) is 5.75 Å². The third-order valence-corrected chi connectivity index (χ3v) is 5.99. The molecule has 216 valence electrons. The van der Waals surface area contributed by atoms with Crippen LogP contribution in [0.1, 0.15) is 102 Å². The Morgan fingerprint density at radius 1 is 1.05 bits per heavy atom.